The van der Waals surface area contributed by atoms with E-state index in [1.165, 1.54) is 44.9 Å². The summed E-state index contributed by atoms with van der Waals surface area (Å²) in [5, 5.41) is 10.2. The van der Waals surface area contributed by atoms with Crippen molar-refractivity contribution in [2.75, 3.05) is 13.1 Å². The fourth-order valence-corrected chi connectivity index (χ4v) is 9.49. The third-order valence-electron chi connectivity index (χ3n) is 11.4. The Balaban J connectivity index is 1.25. The average Bonchev–Trinajstić information content (AvgIpc) is 3.35. The summed E-state index contributed by atoms with van der Waals surface area (Å²) < 4.78 is 0. The standard InChI is InChI=1S/C29H47NO2/c1-19-13-16-30(18-19)27(32)10-5-20(2)24-8-9-25-23-7-6-21-17-22(31)11-14-28(21,3)26(23)12-15-29(24,25)4/h6,19-20,22-26,31H,5,7-18H2,1-4H3/t19-,20+,22-,23-,24+,25-,26-,28-,29+/m0/s1. The van der Waals surface area contributed by atoms with Crippen molar-refractivity contribution in [2.24, 2.45) is 46.3 Å². The molecule has 4 fully saturated rings. The first-order valence-electron chi connectivity index (χ1n) is 13.9. The lowest BCUT2D eigenvalue weighted by molar-refractivity contribution is -0.130. The number of rotatable bonds is 4. The van der Waals surface area contributed by atoms with Crippen molar-refractivity contribution in [2.45, 2.75) is 104 Å². The van der Waals surface area contributed by atoms with Gasteiger partial charge >= 0.3 is 0 Å². The Kier molecular flexibility index (Phi) is 6.05. The highest BCUT2D eigenvalue weighted by molar-refractivity contribution is 5.76. The zero-order valence-electron chi connectivity index (χ0n) is 21.1. The van der Waals surface area contributed by atoms with Crippen molar-refractivity contribution in [3.05, 3.63) is 11.6 Å². The van der Waals surface area contributed by atoms with E-state index >= 15 is 0 Å². The highest BCUT2D eigenvalue weighted by atomic mass is 16.3. The minimum Gasteiger partial charge on any atom is -0.393 e. The molecule has 0 aromatic rings. The Hall–Kier alpha value is -0.830. The number of aliphatic hydroxyl groups excluding tert-OH is 1. The Bertz CT molecular complexity index is 760. The van der Waals surface area contributed by atoms with Crippen LogP contribution in [-0.2, 0) is 4.79 Å². The number of hydrogen-bond acceptors (Lipinski definition) is 2. The van der Waals surface area contributed by atoms with Gasteiger partial charge in [0, 0.05) is 19.5 Å². The smallest absolute Gasteiger partial charge is 0.222 e. The summed E-state index contributed by atoms with van der Waals surface area (Å²) in [7, 11) is 0. The number of carbonyl (C=O) groups is 1. The summed E-state index contributed by atoms with van der Waals surface area (Å²) in [5.74, 6) is 5.03. The van der Waals surface area contributed by atoms with E-state index in [9.17, 15) is 9.90 Å². The molecule has 1 amide bonds. The van der Waals surface area contributed by atoms with Crippen LogP contribution in [0.3, 0.4) is 0 Å². The van der Waals surface area contributed by atoms with Crippen LogP contribution >= 0.6 is 0 Å². The van der Waals surface area contributed by atoms with Gasteiger partial charge in [0.1, 0.15) is 0 Å². The average molecular weight is 442 g/mol. The molecule has 4 aliphatic carbocycles. The summed E-state index contributed by atoms with van der Waals surface area (Å²) in [4.78, 5) is 14.9. The maximum absolute atomic E-state index is 12.8. The van der Waals surface area contributed by atoms with Gasteiger partial charge in [0.05, 0.1) is 6.10 Å². The normalized spacial score (nSPS) is 46.8. The Morgan fingerprint density at radius 2 is 1.97 bits per heavy atom. The summed E-state index contributed by atoms with van der Waals surface area (Å²) in [6.45, 7) is 11.8. The molecule has 3 heteroatoms. The van der Waals surface area contributed by atoms with E-state index in [1.807, 2.05) is 0 Å². The molecule has 5 rings (SSSR count). The van der Waals surface area contributed by atoms with E-state index in [4.69, 9.17) is 0 Å². The first-order valence-corrected chi connectivity index (χ1v) is 13.9. The monoisotopic (exact) mass is 441 g/mol. The summed E-state index contributed by atoms with van der Waals surface area (Å²) in [6, 6.07) is 0. The number of hydrogen-bond donors (Lipinski definition) is 1. The fourth-order valence-electron chi connectivity index (χ4n) is 9.49. The highest BCUT2D eigenvalue weighted by Crippen LogP contribution is 2.67. The predicted molar refractivity (Wildman–Crippen MR) is 130 cm³/mol. The van der Waals surface area contributed by atoms with E-state index in [0.717, 1.165) is 62.4 Å². The summed E-state index contributed by atoms with van der Waals surface area (Å²) in [5.41, 5.74) is 2.38. The van der Waals surface area contributed by atoms with Crippen molar-refractivity contribution in [1.29, 1.82) is 0 Å². The quantitative estimate of drug-likeness (QED) is 0.527. The summed E-state index contributed by atoms with van der Waals surface area (Å²) >= 11 is 0. The molecule has 0 radical (unpaired) electrons. The third-order valence-corrected chi connectivity index (χ3v) is 11.4. The van der Waals surface area contributed by atoms with Crippen LogP contribution in [0.1, 0.15) is 98.3 Å². The molecule has 1 heterocycles. The van der Waals surface area contributed by atoms with Crippen LogP contribution in [0.15, 0.2) is 11.6 Å². The maximum atomic E-state index is 12.8. The van der Waals surface area contributed by atoms with Crippen molar-refractivity contribution >= 4 is 5.91 Å². The van der Waals surface area contributed by atoms with Gasteiger partial charge in [-0.05, 0) is 111 Å². The second-order valence-electron chi connectivity index (χ2n) is 13.1. The molecule has 1 aliphatic heterocycles. The number of fused-ring (bicyclic) bond motifs is 5. The Morgan fingerprint density at radius 1 is 1.16 bits per heavy atom. The van der Waals surface area contributed by atoms with Gasteiger partial charge in [-0.2, -0.15) is 0 Å². The zero-order valence-corrected chi connectivity index (χ0v) is 21.1. The van der Waals surface area contributed by atoms with E-state index in [1.54, 1.807) is 5.57 Å². The molecule has 3 saturated carbocycles. The van der Waals surface area contributed by atoms with Crippen LogP contribution in [0.25, 0.3) is 0 Å². The van der Waals surface area contributed by atoms with Gasteiger partial charge in [0.25, 0.3) is 0 Å². The van der Waals surface area contributed by atoms with Gasteiger partial charge in [-0.15, -0.1) is 0 Å². The fraction of sp³-hybridized carbons (Fsp3) is 0.897. The number of allylic oxidation sites excluding steroid dienone is 1. The second-order valence-corrected chi connectivity index (χ2v) is 13.1. The molecule has 1 saturated heterocycles. The zero-order chi connectivity index (χ0) is 22.7. The largest absolute Gasteiger partial charge is 0.393 e. The molecule has 0 aromatic carbocycles. The van der Waals surface area contributed by atoms with Crippen LogP contribution in [-0.4, -0.2) is 35.1 Å². The second kappa shape index (κ2) is 8.43. The molecule has 3 nitrogen and oxygen atoms in total. The van der Waals surface area contributed by atoms with E-state index < -0.39 is 0 Å². The van der Waals surface area contributed by atoms with Crippen molar-refractivity contribution in [1.82, 2.24) is 4.90 Å². The molecule has 0 unspecified atom stereocenters. The molecule has 32 heavy (non-hydrogen) atoms. The molecule has 5 aliphatic rings. The van der Waals surface area contributed by atoms with Gasteiger partial charge in [-0.1, -0.05) is 39.3 Å². The third kappa shape index (κ3) is 3.69. The van der Waals surface area contributed by atoms with Crippen LogP contribution in [0.2, 0.25) is 0 Å². The van der Waals surface area contributed by atoms with Crippen molar-refractivity contribution in [3.8, 4) is 0 Å². The van der Waals surface area contributed by atoms with Gasteiger partial charge in [0.15, 0.2) is 0 Å². The van der Waals surface area contributed by atoms with Crippen LogP contribution in [0.5, 0.6) is 0 Å². The molecular formula is C29H47NO2. The predicted octanol–water partition coefficient (Wildman–Crippen LogP) is 6.21. The lowest BCUT2D eigenvalue weighted by Gasteiger charge is -2.58. The number of amides is 1. The molecule has 1 N–H and O–H groups in total. The number of carbonyl (C=O) groups excluding carboxylic acids is 1. The minimum atomic E-state index is -0.108. The Labute approximate surface area is 196 Å². The van der Waals surface area contributed by atoms with E-state index in [0.29, 0.717) is 28.6 Å². The SMILES string of the molecule is C[C@H]1CCN(C(=O)CC[C@@H](C)[C@H]2CC[C@H]3[C@@H]4CC=C5C[C@@H](O)CC[C@]5(C)[C@H]4CC[C@]23C)C1. The van der Waals surface area contributed by atoms with Gasteiger partial charge < -0.3 is 10.0 Å². The van der Waals surface area contributed by atoms with E-state index in [-0.39, 0.29) is 6.10 Å². The van der Waals surface area contributed by atoms with Crippen LogP contribution < -0.4 is 0 Å². The molecule has 0 bridgehead atoms. The number of aliphatic hydroxyl groups is 1. The van der Waals surface area contributed by atoms with Gasteiger partial charge in [0.2, 0.25) is 5.91 Å². The summed E-state index contributed by atoms with van der Waals surface area (Å²) in [6.07, 6.45) is 15.3. The lowest BCUT2D eigenvalue weighted by Crippen LogP contribution is -2.50. The molecule has 180 valence electrons. The number of likely N-dealkylation sites (tertiary alicyclic amines) is 1. The van der Waals surface area contributed by atoms with Gasteiger partial charge in [-0.3, -0.25) is 4.79 Å². The maximum Gasteiger partial charge on any atom is 0.222 e. The Morgan fingerprint density at radius 3 is 2.72 bits per heavy atom. The van der Waals surface area contributed by atoms with Crippen molar-refractivity contribution < 1.29 is 9.90 Å². The highest BCUT2D eigenvalue weighted by Gasteiger charge is 2.59. The first-order chi connectivity index (χ1) is 15.2. The van der Waals surface area contributed by atoms with Gasteiger partial charge in [-0.25, -0.2) is 0 Å². The van der Waals surface area contributed by atoms with Crippen molar-refractivity contribution in [3.63, 3.8) is 0 Å². The van der Waals surface area contributed by atoms with Crippen LogP contribution in [0, 0.1) is 46.3 Å². The molecular weight excluding hydrogens is 394 g/mol. The topological polar surface area (TPSA) is 40.5 Å². The molecule has 0 spiro atoms. The molecule has 9 atom stereocenters. The first kappa shape index (κ1) is 22.9. The van der Waals surface area contributed by atoms with E-state index in [2.05, 4.69) is 38.7 Å². The molecule has 0 aromatic heterocycles. The lowest BCUT2D eigenvalue weighted by atomic mass is 9.47. The van der Waals surface area contributed by atoms with Crippen LogP contribution in [0.4, 0.5) is 0 Å². The minimum absolute atomic E-state index is 0.108. The number of nitrogens with zero attached hydrogens (tertiary/aromatic N) is 1.